The summed E-state index contributed by atoms with van der Waals surface area (Å²) in [6.07, 6.45) is 0.524. The zero-order chi connectivity index (χ0) is 17.4. The molecule has 3 aromatic rings. The molecule has 0 saturated heterocycles. The van der Waals surface area contributed by atoms with Gasteiger partial charge in [0, 0.05) is 18.7 Å². The fourth-order valence-corrected chi connectivity index (χ4v) is 3.80. The van der Waals surface area contributed by atoms with Crippen LogP contribution in [0.3, 0.4) is 0 Å². The van der Waals surface area contributed by atoms with E-state index in [0.29, 0.717) is 13.0 Å². The molecule has 0 fully saturated rings. The fraction of sp³-hybridized carbons (Fsp3) is 0.273. The molecule has 0 amide bonds. The van der Waals surface area contributed by atoms with Crippen molar-refractivity contribution in [1.82, 2.24) is 5.32 Å². The van der Waals surface area contributed by atoms with Crippen molar-refractivity contribution in [1.29, 1.82) is 0 Å². The van der Waals surface area contributed by atoms with Crippen molar-refractivity contribution < 1.29 is 10.2 Å². The van der Waals surface area contributed by atoms with Crippen molar-refractivity contribution in [3.05, 3.63) is 60.2 Å². The summed E-state index contributed by atoms with van der Waals surface area (Å²) in [5, 5.41) is 24.9. The van der Waals surface area contributed by atoms with E-state index in [-0.39, 0.29) is 25.6 Å². The van der Waals surface area contributed by atoms with Crippen LogP contribution in [0.15, 0.2) is 54.6 Å². The van der Waals surface area contributed by atoms with E-state index in [4.69, 9.17) is 0 Å². The number of hydrogen-bond donors (Lipinski definition) is 3. The number of aliphatic hydroxyl groups excluding tert-OH is 2. The van der Waals surface area contributed by atoms with Gasteiger partial charge < -0.3 is 15.5 Å². The van der Waals surface area contributed by atoms with Gasteiger partial charge in [-0.2, -0.15) is 0 Å². The second-order valence-electron chi connectivity index (χ2n) is 7.09. The molecule has 0 spiro atoms. The highest BCUT2D eigenvalue weighted by Gasteiger charge is 2.24. The molecule has 0 saturated carbocycles. The molecular weight excluding hydrogens is 346 g/mol. The van der Waals surface area contributed by atoms with Crippen molar-refractivity contribution in [2.75, 3.05) is 13.2 Å². The maximum absolute atomic E-state index is 9.65. The SMILES string of the molecule is CC(CO)(CCO)NCc1ccc2c3c(cccc13)-c1ccccc1-2.Cl. The Morgan fingerprint density at radius 1 is 0.846 bits per heavy atom. The van der Waals surface area contributed by atoms with Crippen LogP contribution >= 0.6 is 12.4 Å². The van der Waals surface area contributed by atoms with Crippen LogP contribution in [0.5, 0.6) is 0 Å². The van der Waals surface area contributed by atoms with Gasteiger partial charge in [0.25, 0.3) is 0 Å². The van der Waals surface area contributed by atoms with E-state index >= 15 is 0 Å². The van der Waals surface area contributed by atoms with E-state index in [1.807, 2.05) is 6.92 Å². The Bertz CT molecular complexity index is 911. The molecule has 136 valence electrons. The van der Waals surface area contributed by atoms with Gasteiger partial charge in [-0.05, 0) is 51.9 Å². The molecule has 3 aromatic carbocycles. The highest BCUT2D eigenvalue weighted by atomic mass is 35.5. The summed E-state index contributed by atoms with van der Waals surface area (Å²) >= 11 is 0. The maximum Gasteiger partial charge on any atom is 0.0611 e. The van der Waals surface area contributed by atoms with Crippen LogP contribution in [0.25, 0.3) is 33.0 Å². The van der Waals surface area contributed by atoms with Gasteiger partial charge in [0.2, 0.25) is 0 Å². The normalized spacial score (nSPS) is 14.0. The van der Waals surface area contributed by atoms with E-state index in [0.717, 1.165) is 0 Å². The molecule has 0 heterocycles. The van der Waals surface area contributed by atoms with Crippen LogP contribution < -0.4 is 5.32 Å². The average Bonchev–Trinajstić information content (AvgIpc) is 2.98. The summed E-state index contributed by atoms with van der Waals surface area (Å²) in [7, 11) is 0. The Hall–Kier alpha value is -1.91. The summed E-state index contributed by atoms with van der Waals surface area (Å²) in [6, 6.07) is 19.4. The van der Waals surface area contributed by atoms with E-state index < -0.39 is 5.54 Å². The molecule has 3 N–H and O–H groups in total. The Kier molecular flexibility index (Phi) is 5.35. The zero-order valence-corrected chi connectivity index (χ0v) is 15.6. The number of benzene rings is 3. The average molecular weight is 370 g/mol. The summed E-state index contributed by atoms with van der Waals surface area (Å²) in [5.41, 5.74) is 5.93. The lowest BCUT2D eigenvalue weighted by molar-refractivity contribution is 0.137. The number of aliphatic hydroxyl groups is 2. The summed E-state index contributed by atoms with van der Waals surface area (Å²) in [6.45, 7) is 2.66. The molecule has 4 rings (SSSR count). The van der Waals surface area contributed by atoms with Gasteiger partial charge in [0.1, 0.15) is 0 Å². The van der Waals surface area contributed by atoms with Gasteiger partial charge in [-0.25, -0.2) is 0 Å². The topological polar surface area (TPSA) is 52.5 Å². The molecule has 1 unspecified atom stereocenters. The van der Waals surface area contributed by atoms with Gasteiger partial charge in [-0.15, -0.1) is 12.4 Å². The van der Waals surface area contributed by atoms with Crippen LogP contribution in [0.2, 0.25) is 0 Å². The minimum atomic E-state index is -0.472. The Morgan fingerprint density at radius 2 is 1.50 bits per heavy atom. The maximum atomic E-state index is 9.65. The standard InChI is InChI=1S/C22H23NO2.ClH/c1-22(14-25,11-12-24)23-13-15-9-10-20-18-6-3-2-5-17(18)19-8-4-7-16(15)21(19)20;/h2-10,23-25H,11-14H2,1H3;1H. The predicted octanol–water partition coefficient (Wildman–Crippen LogP) is 4.13. The van der Waals surface area contributed by atoms with Crippen molar-refractivity contribution in [3.8, 4) is 22.3 Å². The lowest BCUT2D eigenvalue weighted by Crippen LogP contribution is -2.46. The predicted molar refractivity (Wildman–Crippen MR) is 110 cm³/mol. The third kappa shape index (κ3) is 3.01. The zero-order valence-electron chi connectivity index (χ0n) is 14.8. The molecule has 3 nitrogen and oxygen atoms in total. The largest absolute Gasteiger partial charge is 0.396 e. The second kappa shape index (κ2) is 7.37. The number of rotatable bonds is 6. The highest BCUT2D eigenvalue weighted by Crippen LogP contribution is 2.47. The molecule has 0 aliphatic heterocycles. The number of halogens is 1. The summed E-state index contributed by atoms with van der Waals surface area (Å²) in [5.74, 6) is 0. The number of fused-ring (bicyclic) bond motifs is 3. The first-order valence-corrected chi connectivity index (χ1v) is 8.78. The van der Waals surface area contributed by atoms with E-state index in [1.165, 1.54) is 38.6 Å². The number of hydrogen-bond acceptors (Lipinski definition) is 3. The van der Waals surface area contributed by atoms with Crippen molar-refractivity contribution >= 4 is 23.2 Å². The van der Waals surface area contributed by atoms with Crippen molar-refractivity contribution in [2.45, 2.75) is 25.4 Å². The first-order valence-electron chi connectivity index (χ1n) is 8.78. The van der Waals surface area contributed by atoms with E-state index in [1.54, 1.807) is 0 Å². The Labute approximate surface area is 160 Å². The van der Waals surface area contributed by atoms with Crippen LogP contribution in [-0.4, -0.2) is 29.0 Å². The van der Waals surface area contributed by atoms with Crippen LogP contribution in [-0.2, 0) is 6.54 Å². The summed E-state index contributed by atoms with van der Waals surface area (Å²) < 4.78 is 0. The third-order valence-electron chi connectivity index (χ3n) is 5.36. The van der Waals surface area contributed by atoms with Crippen LogP contribution in [0.4, 0.5) is 0 Å². The molecule has 1 atom stereocenters. The Balaban J connectivity index is 0.00000196. The number of nitrogens with one attached hydrogen (secondary N) is 1. The van der Waals surface area contributed by atoms with E-state index in [9.17, 15) is 10.2 Å². The summed E-state index contributed by atoms with van der Waals surface area (Å²) in [4.78, 5) is 0. The first-order chi connectivity index (χ1) is 12.2. The molecule has 1 aliphatic carbocycles. The quantitative estimate of drug-likeness (QED) is 0.479. The van der Waals surface area contributed by atoms with E-state index in [2.05, 4.69) is 59.9 Å². The van der Waals surface area contributed by atoms with Gasteiger partial charge in [-0.3, -0.25) is 0 Å². The third-order valence-corrected chi connectivity index (χ3v) is 5.36. The van der Waals surface area contributed by atoms with Crippen molar-refractivity contribution in [3.63, 3.8) is 0 Å². The first kappa shape index (κ1) is 18.9. The highest BCUT2D eigenvalue weighted by molar-refractivity contribution is 6.15. The molecule has 1 aliphatic rings. The van der Waals surface area contributed by atoms with Gasteiger partial charge in [-0.1, -0.05) is 54.6 Å². The Morgan fingerprint density at radius 3 is 2.15 bits per heavy atom. The molecular formula is C22H24ClNO2. The lowest BCUT2D eigenvalue weighted by atomic mass is 9.96. The molecule has 0 radical (unpaired) electrons. The second-order valence-corrected chi connectivity index (χ2v) is 7.09. The van der Waals surface area contributed by atoms with Gasteiger partial charge >= 0.3 is 0 Å². The van der Waals surface area contributed by atoms with Crippen molar-refractivity contribution in [2.24, 2.45) is 0 Å². The molecule has 0 bridgehead atoms. The smallest absolute Gasteiger partial charge is 0.0611 e. The van der Waals surface area contributed by atoms with Crippen LogP contribution in [0.1, 0.15) is 18.9 Å². The fourth-order valence-electron chi connectivity index (χ4n) is 3.80. The minimum absolute atomic E-state index is 0. The minimum Gasteiger partial charge on any atom is -0.396 e. The lowest BCUT2D eigenvalue weighted by Gasteiger charge is -2.28. The van der Waals surface area contributed by atoms with Crippen LogP contribution in [0, 0.1) is 0 Å². The molecule has 0 aromatic heterocycles. The van der Waals surface area contributed by atoms with Gasteiger partial charge in [0.05, 0.1) is 6.61 Å². The molecule has 4 heteroatoms. The molecule has 26 heavy (non-hydrogen) atoms. The van der Waals surface area contributed by atoms with Gasteiger partial charge in [0.15, 0.2) is 0 Å². The monoisotopic (exact) mass is 369 g/mol.